The monoisotopic (exact) mass is 280 g/mol. The molecule has 0 saturated carbocycles. The predicted octanol–water partition coefficient (Wildman–Crippen LogP) is 4.76. The largest absolute Gasteiger partial charge is 0.487 e. The number of alkyl halides is 2. The molecular formula is C12H12Cl2F2O. The van der Waals surface area contributed by atoms with Gasteiger partial charge in [-0.3, -0.25) is 0 Å². The van der Waals surface area contributed by atoms with Crippen molar-refractivity contribution in [3.05, 3.63) is 27.7 Å². The summed E-state index contributed by atoms with van der Waals surface area (Å²) in [7, 11) is 0. The van der Waals surface area contributed by atoms with Crippen LogP contribution < -0.4 is 4.74 Å². The molecular weight excluding hydrogens is 269 g/mol. The SMILES string of the molecule is CC(C)C1c2c(ccc(Cl)c2Cl)OCC1(F)F. The maximum absolute atomic E-state index is 13.9. The zero-order valence-electron chi connectivity index (χ0n) is 9.44. The van der Waals surface area contributed by atoms with Crippen LogP contribution >= 0.6 is 23.2 Å². The molecule has 5 heteroatoms. The fourth-order valence-electron chi connectivity index (χ4n) is 2.26. The Labute approximate surface area is 109 Å². The molecule has 0 spiro atoms. The molecule has 1 aromatic rings. The van der Waals surface area contributed by atoms with Gasteiger partial charge in [-0.05, 0) is 18.1 Å². The van der Waals surface area contributed by atoms with E-state index in [4.69, 9.17) is 27.9 Å². The van der Waals surface area contributed by atoms with Crippen molar-refractivity contribution in [2.75, 3.05) is 6.61 Å². The Balaban J connectivity index is 2.63. The number of rotatable bonds is 1. The Morgan fingerprint density at radius 2 is 2.00 bits per heavy atom. The van der Waals surface area contributed by atoms with Crippen LogP contribution in [0.5, 0.6) is 5.75 Å². The Morgan fingerprint density at radius 3 is 2.59 bits per heavy atom. The molecule has 1 aromatic carbocycles. The van der Waals surface area contributed by atoms with E-state index in [2.05, 4.69) is 0 Å². The average molecular weight is 281 g/mol. The van der Waals surface area contributed by atoms with Gasteiger partial charge in [0, 0.05) is 5.56 Å². The van der Waals surface area contributed by atoms with Crippen molar-refractivity contribution in [2.45, 2.75) is 25.7 Å². The lowest BCUT2D eigenvalue weighted by molar-refractivity contribution is -0.0881. The van der Waals surface area contributed by atoms with Gasteiger partial charge in [0.15, 0.2) is 6.61 Å². The van der Waals surface area contributed by atoms with Crippen LogP contribution in [0.25, 0.3) is 0 Å². The second kappa shape index (κ2) is 4.29. The molecule has 0 amide bonds. The van der Waals surface area contributed by atoms with E-state index in [9.17, 15) is 8.78 Å². The molecule has 1 heterocycles. The van der Waals surface area contributed by atoms with Gasteiger partial charge in [-0.15, -0.1) is 0 Å². The zero-order chi connectivity index (χ0) is 12.8. The summed E-state index contributed by atoms with van der Waals surface area (Å²) >= 11 is 11.9. The molecule has 0 saturated heterocycles. The minimum atomic E-state index is -2.92. The first-order valence-corrected chi connectivity index (χ1v) is 6.08. The topological polar surface area (TPSA) is 9.23 Å². The molecule has 94 valence electrons. The average Bonchev–Trinajstić information content (AvgIpc) is 2.22. The van der Waals surface area contributed by atoms with Crippen molar-refractivity contribution < 1.29 is 13.5 Å². The highest BCUT2D eigenvalue weighted by Gasteiger charge is 2.48. The van der Waals surface area contributed by atoms with Crippen molar-refractivity contribution in [2.24, 2.45) is 5.92 Å². The first kappa shape index (κ1) is 12.9. The summed E-state index contributed by atoms with van der Waals surface area (Å²) < 4.78 is 32.8. The number of ether oxygens (including phenoxy) is 1. The van der Waals surface area contributed by atoms with Gasteiger partial charge < -0.3 is 4.74 Å². The van der Waals surface area contributed by atoms with E-state index in [1.165, 1.54) is 0 Å². The smallest absolute Gasteiger partial charge is 0.288 e. The van der Waals surface area contributed by atoms with Crippen LogP contribution in [0.1, 0.15) is 25.3 Å². The molecule has 0 fully saturated rings. The van der Waals surface area contributed by atoms with Gasteiger partial charge in [-0.2, -0.15) is 0 Å². The molecule has 1 aliphatic heterocycles. The van der Waals surface area contributed by atoms with Gasteiger partial charge in [0.1, 0.15) is 5.75 Å². The fraction of sp³-hybridized carbons (Fsp3) is 0.500. The number of hydrogen-bond donors (Lipinski definition) is 0. The quantitative estimate of drug-likeness (QED) is 0.721. The van der Waals surface area contributed by atoms with E-state index in [-0.39, 0.29) is 16.0 Å². The van der Waals surface area contributed by atoms with Gasteiger partial charge in [0.2, 0.25) is 0 Å². The number of hydrogen-bond acceptors (Lipinski definition) is 1. The molecule has 0 radical (unpaired) electrons. The highest BCUT2D eigenvalue weighted by atomic mass is 35.5. The Kier molecular flexibility index (Phi) is 3.25. The van der Waals surface area contributed by atoms with Gasteiger partial charge in [0.25, 0.3) is 5.92 Å². The third kappa shape index (κ3) is 2.11. The molecule has 1 unspecified atom stereocenters. The maximum atomic E-state index is 13.9. The Bertz CT molecular complexity index is 446. The second-order valence-corrected chi connectivity index (χ2v) is 5.33. The Hall–Kier alpha value is -0.540. The molecule has 1 nitrogen and oxygen atoms in total. The van der Waals surface area contributed by atoms with E-state index in [1.54, 1.807) is 26.0 Å². The summed E-state index contributed by atoms with van der Waals surface area (Å²) in [4.78, 5) is 0. The van der Waals surface area contributed by atoms with Crippen LogP contribution in [-0.2, 0) is 0 Å². The first-order chi connectivity index (χ1) is 7.84. The van der Waals surface area contributed by atoms with Crippen molar-refractivity contribution in [1.29, 1.82) is 0 Å². The van der Waals surface area contributed by atoms with Crippen LogP contribution in [0.4, 0.5) is 8.78 Å². The van der Waals surface area contributed by atoms with E-state index < -0.39 is 18.4 Å². The number of fused-ring (bicyclic) bond motifs is 1. The normalized spacial score (nSPS) is 22.2. The molecule has 0 aliphatic carbocycles. The molecule has 1 aliphatic rings. The zero-order valence-corrected chi connectivity index (χ0v) is 10.9. The van der Waals surface area contributed by atoms with Crippen molar-refractivity contribution in [1.82, 2.24) is 0 Å². The standard InChI is InChI=1S/C12H12Cl2F2O/c1-6(2)10-9-8(17-5-12(10,15)16)4-3-7(13)11(9)14/h3-4,6,10H,5H2,1-2H3. The summed E-state index contributed by atoms with van der Waals surface area (Å²) in [6.45, 7) is 2.87. The van der Waals surface area contributed by atoms with Gasteiger partial charge in [0.05, 0.1) is 16.0 Å². The lowest BCUT2D eigenvalue weighted by Gasteiger charge is -2.36. The molecule has 1 atom stereocenters. The van der Waals surface area contributed by atoms with E-state index in [1.807, 2.05) is 0 Å². The summed E-state index contributed by atoms with van der Waals surface area (Å²) in [5.74, 6) is -3.72. The van der Waals surface area contributed by atoms with Crippen LogP contribution in [0.15, 0.2) is 12.1 Å². The van der Waals surface area contributed by atoms with Crippen LogP contribution in [0, 0.1) is 5.92 Å². The molecule has 17 heavy (non-hydrogen) atoms. The van der Waals surface area contributed by atoms with Crippen LogP contribution in [-0.4, -0.2) is 12.5 Å². The van der Waals surface area contributed by atoms with E-state index in [0.717, 1.165) is 0 Å². The minimum absolute atomic E-state index is 0.169. The third-order valence-corrected chi connectivity index (χ3v) is 3.76. The van der Waals surface area contributed by atoms with Gasteiger partial charge >= 0.3 is 0 Å². The molecule has 0 aromatic heterocycles. The van der Waals surface area contributed by atoms with Crippen LogP contribution in [0.2, 0.25) is 10.0 Å². The summed E-state index contributed by atoms with van der Waals surface area (Å²) in [5.41, 5.74) is 0.324. The minimum Gasteiger partial charge on any atom is -0.487 e. The lowest BCUT2D eigenvalue weighted by Crippen LogP contribution is -2.40. The summed E-state index contributed by atoms with van der Waals surface area (Å²) in [5, 5.41) is 0.444. The first-order valence-electron chi connectivity index (χ1n) is 5.33. The summed E-state index contributed by atoms with van der Waals surface area (Å²) in [6, 6.07) is 3.15. The maximum Gasteiger partial charge on any atom is 0.288 e. The third-order valence-electron chi connectivity index (χ3n) is 2.95. The Morgan fingerprint density at radius 1 is 1.35 bits per heavy atom. The second-order valence-electron chi connectivity index (χ2n) is 4.54. The van der Waals surface area contributed by atoms with Crippen LogP contribution in [0.3, 0.4) is 0 Å². The number of benzene rings is 1. The van der Waals surface area contributed by atoms with Gasteiger partial charge in [-0.25, -0.2) is 8.78 Å². The lowest BCUT2D eigenvalue weighted by atomic mass is 9.81. The molecule has 2 rings (SSSR count). The predicted molar refractivity (Wildman–Crippen MR) is 64.5 cm³/mol. The molecule has 0 N–H and O–H groups in total. The van der Waals surface area contributed by atoms with E-state index >= 15 is 0 Å². The van der Waals surface area contributed by atoms with Crippen molar-refractivity contribution in [3.8, 4) is 5.75 Å². The van der Waals surface area contributed by atoms with Crippen molar-refractivity contribution in [3.63, 3.8) is 0 Å². The van der Waals surface area contributed by atoms with Gasteiger partial charge in [-0.1, -0.05) is 37.0 Å². The fourth-order valence-corrected chi connectivity index (χ4v) is 2.70. The van der Waals surface area contributed by atoms with E-state index in [0.29, 0.717) is 11.3 Å². The highest BCUT2D eigenvalue weighted by molar-refractivity contribution is 6.42. The highest BCUT2D eigenvalue weighted by Crippen LogP contribution is 2.50. The summed E-state index contributed by atoms with van der Waals surface area (Å²) in [6.07, 6.45) is 0. The molecule has 0 bridgehead atoms. The van der Waals surface area contributed by atoms with Crippen molar-refractivity contribution >= 4 is 23.2 Å². The number of halogens is 4.